The van der Waals surface area contributed by atoms with E-state index in [0.717, 1.165) is 66.7 Å². The van der Waals surface area contributed by atoms with Crippen molar-refractivity contribution in [2.24, 2.45) is 10.9 Å². The number of aliphatic imine (C=N–C) groups is 1. The van der Waals surface area contributed by atoms with Crippen molar-refractivity contribution in [3.8, 4) is 0 Å². The zero-order valence-electron chi connectivity index (χ0n) is 17.9. The van der Waals surface area contributed by atoms with Crippen LogP contribution in [0.3, 0.4) is 0 Å². The van der Waals surface area contributed by atoms with Crippen LogP contribution in [0, 0.1) is 5.92 Å². The molecular weight excluding hydrogens is 410 g/mol. The summed E-state index contributed by atoms with van der Waals surface area (Å²) < 4.78 is 0. The van der Waals surface area contributed by atoms with Crippen molar-refractivity contribution in [2.75, 3.05) is 30.4 Å². The van der Waals surface area contributed by atoms with Gasteiger partial charge in [0.15, 0.2) is 5.96 Å². The highest BCUT2D eigenvalue weighted by molar-refractivity contribution is 6.30. The molecule has 1 saturated carbocycles. The van der Waals surface area contributed by atoms with Gasteiger partial charge in [0.05, 0.1) is 0 Å². The van der Waals surface area contributed by atoms with E-state index in [-0.39, 0.29) is 11.8 Å². The van der Waals surface area contributed by atoms with Gasteiger partial charge >= 0.3 is 0 Å². The third-order valence-corrected chi connectivity index (χ3v) is 6.29. The van der Waals surface area contributed by atoms with E-state index in [1.54, 1.807) is 7.05 Å². The zero-order chi connectivity index (χ0) is 21.6. The van der Waals surface area contributed by atoms with Gasteiger partial charge in [0, 0.05) is 55.0 Å². The second-order valence-corrected chi connectivity index (χ2v) is 8.74. The number of hydrogen-bond donors (Lipinski definition) is 3. The monoisotopic (exact) mass is 439 g/mol. The lowest BCUT2D eigenvalue weighted by Gasteiger charge is -2.24. The highest BCUT2D eigenvalue weighted by Gasteiger charge is 2.25. The van der Waals surface area contributed by atoms with Crippen molar-refractivity contribution in [1.82, 2.24) is 10.6 Å². The smallest absolute Gasteiger partial charge is 0.227 e. The van der Waals surface area contributed by atoms with E-state index in [1.165, 1.54) is 0 Å². The fourth-order valence-corrected chi connectivity index (χ4v) is 4.22. The van der Waals surface area contributed by atoms with Crippen molar-refractivity contribution in [3.05, 3.63) is 59.1 Å². The van der Waals surface area contributed by atoms with Crippen LogP contribution in [-0.2, 0) is 11.3 Å². The molecule has 2 aliphatic rings. The second-order valence-electron chi connectivity index (χ2n) is 8.30. The molecule has 1 amide bonds. The molecule has 0 bridgehead atoms. The van der Waals surface area contributed by atoms with Gasteiger partial charge in [-0.1, -0.05) is 36.2 Å². The molecule has 1 atom stereocenters. The first-order valence-electron chi connectivity index (χ1n) is 11.0. The Morgan fingerprint density at radius 1 is 1.16 bits per heavy atom. The average Bonchev–Trinajstić information content (AvgIpc) is 3.18. The van der Waals surface area contributed by atoms with Crippen LogP contribution in [0.5, 0.6) is 0 Å². The number of hydrogen-bond acceptors (Lipinski definition) is 3. The number of benzene rings is 2. The first-order valence-corrected chi connectivity index (χ1v) is 11.4. The van der Waals surface area contributed by atoms with Gasteiger partial charge in [-0.2, -0.15) is 0 Å². The summed E-state index contributed by atoms with van der Waals surface area (Å²) in [5.74, 6) is 1.10. The van der Waals surface area contributed by atoms with Crippen LogP contribution < -0.4 is 20.9 Å². The summed E-state index contributed by atoms with van der Waals surface area (Å²) in [4.78, 5) is 18.9. The second kappa shape index (κ2) is 10.1. The van der Waals surface area contributed by atoms with Crippen LogP contribution in [0.1, 0.15) is 31.2 Å². The highest BCUT2D eigenvalue weighted by Crippen LogP contribution is 2.27. The van der Waals surface area contributed by atoms with Gasteiger partial charge in [0.2, 0.25) is 5.91 Å². The number of anilines is 2. The summed E-state index contributed by atoms with van der Waals surface area (Å²) in [6, 6.07) is 16.3. The topological polar surface area (TPSA) is 68.8 Å². The minimum atomic E-state index is 0.138. The molecule has 2 fully saturated rings. The maximum absolute atomic E-state index is 12.2. The van der Waals surface area contributed by atoms with Crippen LogP contribution in [-0.4, -0.2) is 38.0 Å². The minimum Gasteiger partial charge on any atom is -0.369 e. The molecule has 0 spiro atoms. The van der Waals surface area contributed by atoms with Gasteiger partial charge in [-0.05, 0) is 55.2 Å². The Morgan fingerprint density at radius 3 is 2.74 bits per heavy atom. The van der Waals surface area contributed by atoms with E-state index in [1.807, 2.05) is 36.4 Å². The Labute approximate surface area is 189 Å². The SMILES string of the molecule is CN=C(NCc1cccc(NC(=O)C2CCC2)c1)NC1CCN(c2cccc(Cl)c2)C1. The largest absolute Gasteiger partial charge is 0.369 e. The number of carbonyl (C=O) groups is 1. The Bertz CT molecular complexity index is 943. The molecule has 1 unspecified atom stereocenters. The van der Waals surface area contributed by atoms with Crippen molar-refractivity contribution >= 4 is 34.8 Å². The lowest BCUT2D eigenvalue weighted by atomic mass is 9.85. The maximum atomic E-state index is 12.2. The van der Waals surface area contributed by atoms with Gasteiger partial charge in [-0.25, -0.2) is 0 Å². The van der Waals surface area contributed by atoms with E-state index in [9.17, 15) is 4.79 Å². The third-order valence-electron chi connectivity index (χ3n) is 6.06. The summed E-state index contributed by atoms with van der Waals surface area (Å²) in [6.07, 6.45) is 4.21. The molecule has 1 aliphatic heterocycles. The van der Waals surface area contributed by atoms with Crippen molar-refractivity contribution in [3.63, 3.8) is 0 Å². The van der Waals surface area contributed by atoms with E-state index in [0.29, 0.717) is 12.6 Å². The maximum Gasteiger partial charge on any atom is 0.227 e. The highest BCUT2D eigenvalue weighted by atomic mass is 35.5. The van der Waals surface area contributed by atoms with Gasteiger partial charge in [-0.15, -0.1) is 0 Å². The number of carbonyl (C=O) groups excluding carboxylic acids is 1. The molecule has 1 heterocycles. The molecule has 4 rings (SSSR count). The fourth-order valence-electron chi connectivity index (χ4n) is 4.03. The Hall–Kier alpha value is -2.73. The number of rotatable bonds is 6. The van der Waals surface area contributed by atoms with E-state index < -0.39 is 0 Å². The standard InChI is InChI=1S/C24H30ClN5O/c1-26-24(29-21-11-12-30(16-21)22-10-4-8-19(25)14-22)27-15-17-5-2-9-20(13-17)28-23(31)18-6-3-7-18/h2,4-5,8-10,13-14,18,21H,3,6-7,11-12,15-16H2,1H3,(H,28,31)(H2,26,27,29). The zero-order valence-corrected chi connectivity index (χ0v) is 18.7. The van der Waals surface area contributed by atoms with Gasteiger partial charge in [-0.3, -0.25) is 9.79 Å². The molecule has 0 aromatic heterocycles. The lowest BCUT2D eigenvalue weighted by molar-refractivity contribution is -0.122. The van der Waals surface area contributed by atoms with Gasteiger partial charge in [0.25, 0.3) is 0 Å². The predicted molar refractivity (Wildman–Crippen MR) is 128 cm³/mol. The first-order chi connectivity index (χ1) is 15.1. The third kappa shape index (κ3) is 5.70. The van der Waals surface area contributed by atoms with E-state index in [2.05, 4.69) is 38.0 Å². The molecule has 0 radical (unpaired) electrons. The van der Waals surface area contributed by atoms with Crippen molar-refractivity contribution < 1.29 is 4.79 Å². The van der Waals surface area contributed by atoms with Crippen molar-refractivity contribution in [1.29, 1.82) is 0 Å². The van der Waals surface area contributed by atoms with Crippen LogP contribution in [0.2, 0.25) is 5.02 Å². The molecule has 3 N–H and O–H groups in total. The van der Waals surface area contributed by atoms with Gasteiger partial charge in [0.1, 0.15) is 0 Å². The quantitative estimate of drug-likeness (QED) is 0.469. The van der Waals surface area contributed by atoms with E-state index >= 15 is 0 Å². The number of nitrogens with one attached hydrogen (secondary N) is 3. The molecule has 2 aromatic carbocycles. The Kier molecular flexibility index (Phi) is 6.97. The molecule has 1 saturated heterocycles. The molecule has 2 aromatic rings. The molecule has 7 heteroatoms. The summed E-state index contributed by atoms with van der Waals surface area (Å²) in [5, 5.41) is 10.7. The molecular formula is C24H30ClN5O. The molecule has 1 aliphatic carbocycles. The summed E-state index contributed by atoms with van der Waals surface area (Å²) in [5.41, 5.74) is 3.11. The van der Waals surface area contributed by atoms with Gasteiger partial charge < -0.3 is 20.9 Å². The summed E-state index contributed by atoms with van der Waals surface area (Å²) in [6.45, 7) is 2.53. The van der Waals surface area contributed by atoms with E-state index in [4.69, 9.17) is 11.6 Å². The number of nitrogens with zero attached hydrogens (tertiary/aromatic N) is 2. The summed E-state index contributed by atoms with van der Waals surface area (Å²) >= 11 is 6.14. The fraction of sp³-hybridized carbons (Fsp3) is 0.417. The molecule has 164 valence electrons. The van der Waals surface area contributed by atoms with Crippen LogP contribution in [0.25, 0.3) is 0 Å². The van der Waals surface area contributed by atoms with Crippen LogP contribution in [0.15, 0.2) is 53.5 Å². The van der Waals surface area contributed by atoms with Crippen LogP contribution in [0.4, 0.5) is 11.4 Å². The first kappa shape index (κ1) is 21.5. The predicted octanol–water partition coefficient (Wildman–Crippen LogP) is 4.02. The molecule has 31 heavy (non-hydrogen) atoms. The lowest BCUT2D eigenvalue weighted by Crippen LogP contribution is -2.44. The minimum absolute atomic E-state index is 0.138. The normalized spacial score (nSPS) is 19.1. The number of amides is 1. The molecule has 6 nitrogen and oxygen atoms in total. The Morgan fingerprint density at radius 2 is 2.00 bits per heavy atom. The Balaban J connectivity index is 1.27. The number of halogens is 1. The van der Waals surface area contributed by atoms with Crippen LogP contribution >= 0.6 is 11.6 Å². The van der Waals surface area contributed by atoms with Crippen molar-refractivity contribution in [2.45, 2.75) is 38.3 Å². The summed E-state index contributed by atoms with van der Waals surface area (Å²) in [7, 11) is 1.79. The number of guanidine groups is 1. The average molecular weight is 440 g/mol.